The van der Waals surface area contributed by atoms with Crippen LogP contribution < -0.4 is 15.4 Å². The first-order chi connectivity index (χ1) is 14.1. The van der Waals surface area contributed by atoms with Gasteiger partial charge < -0.3 is 15.4 Å². The molecule has 5 nitrogen and oxygen atoms in total. The number of halogens is 1. The number of hydrogen-bond donors (Lipinski definition) is 2. The number of carbonyl (C=O) groups is 2. The average Bonchev–Trinajstić information content (AvgIpc) is 2.74. The number of anilines is 2. The van der Waals surface area contributed by atoms with Crippen molar-refractivity contribution in [3.8, 4) is 5.75 Å². The first-order valence-corrected chi connectivity index (χ1v) is 9.58. The molecule has 0 aromatic heterocycles. The Labute approximate surface area is 174 Å². The zero-order valence-corrected chi connectivity index (χ0v) is 16.5. The molecule has 0 fully saturated rings. The molecule has 0 saturated carbocycles. The molecular weight excluding hydrogens is 388 g/mol. The summed E-state index contributed by atoms with van der Waals surface area (Å²) in [5, 5.41) is 6.21. The molecule has 0 saturated heterocycles. The van der Waals surface area contributed by atoms with Crippen LogP contribution in [0, 0.1) is 0 Å². The molecule has 3 aromatic rings. The highest BCUT2D eigenvalue weighted by molar-refractivity contribution is 6.30. The normalized spacial score (nSPS) is 10.2. The summed E-state index contributed by atoms with van der Waals surface area (Å²) in [5.41, 5.74) is 2.43. The number of rotatable bonds is 8. The van der Waals surface area contributed by atoms with Crippen LogP contribution in [0.25, 0.3) is 0 Å². The summed E-state index contributed by atoms with van der Waals surface area (Å²) in [6.45, 7) is -0.112. The fourth-order valence-corrected chi connectivity index (χ4v) is 2.77. The molecule has 29 heavy (non-hydrogen) atoms. The molecule has 0 bridgehead atoms. The van der Waals surface area contributed by atoms with Gasteiger partial charge in [-0.1, -0.05) is 41.9 Å². The van der Waals surface area contributed by atoms with Crippen molar-refractivity contribution in [3.63, 3.8) is 0 Å². The second kappa shape index (κ2) is 10.3. The van der Waals surface area contributed by atoms with Crippen LogP contribution in [0.15, 0.2) is 78.9 Å². The Morgan fingerprint density at radius 1 is 0.759 bits per heavy atom. The van der Waals surface area contributed by atoms with Gasteiger partial charge in [0.2, 0.25) is 5.91 Å². The number of benzene rings is 3. The topological polar surface area (TPSA) is 67.4 Å². The molecule has 0 radical (unpaired) electrons. The van der Waals surface area contributed by atoms with E-state index in [0.717, 1.165) is 5.56 Å². The molecule has 2 N–H and O–H groups in total. The van der Waals surface area contributed by atoms with E-state index in [4.69, 9.17) is 16.3 Å². The van der Waals surface area contributed by atoms with E-state index < -0.39 is 0 Å². The molecule has 148 valence electrons. The van der Waals surface area contributed by atoms with Crippen molar-refractivity contribution in [2.75, 3.05) is 17.2 Å². The molecule has 2 amide bonds. The number of nitrogens with one attached hydrogen (secondary N) is 2. The molecule has 3 rings (SSSR count). The van der Waals surface area contributed by atoms with Gasteiger partial charge in [0.05, 0.1) is 0 Å². The Morgan fingerprint density at radius 2 is 1.34 bits per heavy atom. The van der Waals surface area contributed by atoms with E-state index >= 15 is 0 Å². The number of hydrogen-bond acceptors (Lipinski definition) is 3. The minimum Gasteiger partial charge on any atom is -0.484 e. The molecule has 0 heterocycles. The third-order valence-corrected chi connectivity index (χ3v) is 4.37. The monoisotopic (exact) mass is 408 g/mol. The Balaban J connectivity index is 1.42. The molecule has 0 spiro atoms. The van der Waals surface area contributed by atoms with Crippen molar-refractivity contribution in [1.29, 1.82) is 0 Å². The maximum Gasteiger partial charge on any atom is 0.262 e. The Bertz CT molecular complexity index is 942. The van der Waals surface area contributed by atoms with E-state index in [1.165, 1.54) is 0 Å². The predicted molar refractivity (Wildman–Crippen MR) is 115 cm³/mol. The Kier molecular flexibility index (Phi) is 7.25. The van der Waals surface area contributed by atoms with Crippen LogP contribution >= 0.6 is 11.6 Å². The quantitative estimate of drug-likeness (QED) is 0.555. The van der Waals surface area contributed by atoms with Gasteiger partial charge in [-0.15, -0.1) is 0 Å². The van der Waals surface area contributed by atoms with E-state index in [-0.39, 0.29) is 18.4 Å². The number of ether oxygens (including phenoxy) is 1. The molecular formula is C23H21ClN2O3. The first-order valence-electron chi connectivity index (χ1n) is 9.20. The molecule has 3 aromatic carbocycles. The number of aryl methyl sites for hydroxylation is 1. The molecule has 0 unspecified atom stereocenters. The number of carbonyl (C=O) groups excluding carboxylic acids is 2. The lowest BCUT2D eigenvalue weighted by Gasteiger charge is -2.09. The summed E-state index contributed by atoms with van der Waals surface area (Å²) in [4.78, 5) is 24.1. The van der Waals surface area contributed by atoms with Crippen molar-refractivity contribution >= 4 is 34.8 Å². The van der Waals surface area contributed by atoms with Gasteiger partial charge in [-0.25, -0.2) is 0 Å². The second-order valence-electron chi connectivity index (χ2n) is 6.40. The lowest BCUT2D eigenvalue weighted by molar-refractivity contribution is -0.118. The minimum atomic E-state index is -0.278. The van der Waals surface area contributed by atoms with E-state index in [1.54, 1.807) is 48.5 Å². The maximum absolute atomic E-state index is 12.1. The highest BCUT2D eigenvalue weighted by Crippen LogP contribution is 2.16. The van der Waals surface area contributed by atoms with Crippen molar-refractivity contribution in [1.82, 2.24) is 0 Å². The van der Waals surface area contributed by atoms with Gasteiger partial charge in [-0.3, -0.25) is 9.59 Å². The van der Waals surface area contributed by atoms with Crippen LogP contribution in [0.5, 0.6) is 5.75 Å². The van der Waals surface area contributed by atoms with E-state index in [1.807, 2.05) is 30.3 Å². The van der Waals surface area contributed by atoms with Gasteiger partial charge in [0.15, 0.2) is 6.61 Å². The SMILES string of the molecule is O=C(CCc1ccccc1)Nc1ccc(NC(=O)COc2ccc(Cl)cc2)cc1. The van der Waals surface area contributed by atoms with Crippen LogP contribution in [0.4, 0.5) is 11.4 Å². The molecule has 0 aliphatic heterocycles. The van der Waals surface area contributed by atoms with Crippen molar-refractivity contribution in [2.45, 2.75) is 12.8 Å². The van der Waals surface area contributed by atoms with Gasteiger partial charge in [0, 0.05) is 22.8 Å². The second-order valence-corrected chi connectivity index (χ2v) is 6.84. The van der Waals surface area contributed by atoms with Crippen LogP contribution in [-0.4, -0.2) is 18.4 Å². The summed E-state index contributed by atoms with van der Waals surface area (Å²) in [6, 6.07) is 23.6. The molecule has 0 aliphatic rings. The highest BCUT2D eigenvalue weighted by atomic mass is 35.5. The van der Waals surface area contributed by atoms with Gasteiger partial charge in [0.25, 0.3) is 5.91 Å². The standard InChI is InChI=1S/C23H21ClN2O3/c24-18-7-13-21(14-8-18)29-16-23(28)26-20-11-9-19(10-12-20)25-22(27)15-6-17-4-2-1-3-5-17/h1-5,7-14H,6,15-16H2,(H,25,27)(H,26,28). The average molecular weight is 409 g/mol. The summed E-state index contributed by atoms with van der Waals surface area (Å²) < 4.78 is 5.41. The van der Waals surface area contributed by atoms with Crippen molar-refractivity contribution in [3.05, 3.63) is 89.4 Å². The molecule has 0 atom stereocenters. The molecule has 0 aliphatic carbocycles. The number of amides is 2. The lowest BCUT2D eigenvalue weighted by atomic mass is 10.1. The minimum absolute atomic E-state index is 0.0537. The third kappa shape index (κ3) is 6.97. The molecule has 6 heteroatoms. The fraction of sp³-hybridized carbons (Fsp3) is 0.130. The summed E-state index contributed by atoms with van der Waals surface area (Å²) in [7, 11) is 0. The largest absolute Gasteiger partial charge is 0.484 e. The maximum atomic E-state index is 12.1. The van der Waals surface area contributed by atoms with Gasteiger partial charge >= 0.3 is 0 Å². The van der Waals surface area contributed by atoms with E-state index in [0.29, 0.717) is 35.0 Å². The summed E-state index contributed by atoms with van der Waals surface area (Å²) in [5.74, 6) is 0.236. The highest BCUT2D eigenvalue weighted by Gasteiger charge is 2.06. The Hall–Kier alpha value is -3.31. The zero-order valence-electron chi connectivity index (χ0n) is 15.7. The van der Waals surface area contributed by atoms with Gasteiger partial charge in [0.1, 0.15) is 5.75 Å². The van der Waals surface area contributed by atoms with Crippen LogP contribution in [0.3, 0.4) is 0 Å². The van der Waals surface area contributed by atoms with Gasteiger partial charge in [-0.05, 0) is 60.5 Å². The third-order valence-electron chi connectivity index (χ3n) is 4.12. The lowest BCUT2D eigenvalue weighted by Crippen LogP contribution is -2.20. The van der Waals surface area contributed by atoms with Crippen LogP contribution in [0.1, 0.15) is 12.0 Å². The first kappa shape index (κ1) is 20.4. The fourth-order valence-electron chi connectivity index (χ4n) is 2.64. The van der Waals surface area contributed by atoms with Gasteiger partial charge in [-0.2, -0.15) is 0 Å². The smallest absolute Gasteiger partial charge is 0.262 e. The summed E-state index contributed by atoms with van der Waals surface area (Å²) >= 11 is 5.81. The zero-order chi connectivity index (χ0) is 20.5. The van der Waals surface area contributed by atoms with Crippen molar-refractivity contribution < 1.29 is 14.3 Å². The predicted octanol–water partition coefficient (Wildman–Crippen LogP) is 4.93. The van der Waals surface area contributed by atoms with E-state index in [9.17, 15) is 9.59 Å². The van der Waals surface area contributed by atoms with Crippen molar-refractivity contribution in [2.24, 2.45) is 0 Å². The summed E-state index contributed by atoms with van der Waals surface area (Å²) in [6.07, 6.45) is 1.10. The van der Waals surface area contributed by atoms with Crippen LogP contribution in [0.2, 0.25) is 5.02 Å². The Morgan fingerprint density at radius 3 is 1.97 bits per heavy atom. The van der Waals surface area contributed by atoms with Crippen LogP contribution in [-0.2, 0) is 16.0 Å². The van der Waals surface area contributed by atoms with E-state index in [2.05, 4.69) is 10.6 Å².